The number of imidazole rings is 1. The molecule has 35 heavy (non-hydrogen) atoms. The molecule has 0 atom stereocenters. The van der Waals surface area contributed by atoms with E-state index in [1.54, 1.807) is 7.11 Å². The summed E-state index contributed by atoms with van der Waals surface area (Å²) in [5.41, 5.74) is 3.82. The van der Waals surface area contributed by atoms with Crippen LogP contribution >= 0.6 is 0 Å². The number of nitrogens with one attached hydrogen (secondary N) is 1. The predicted octanol–water partition coefficient (Wildman–Crippen LogP) is 4.27. The highest BCUT2D eigenvalue weighted by Crippen LogP contribution is 2.18. The molecule has 0 unspecified atom stereocenters. The minimum absolute atomic E-state index is 0.587. The number of hydrogen-bond acceptors (Lipinski definition) is 5. The number of ether oxygens (including phenoxy) is 1. The minimum Gasteiger partial charge on any atom is -0.497 e. The van der Waals surface area contributed by atoms with Crippen LogP contribution in [-0.4, -0.2) is 57.9 Å². The topological polar surface area (TPSA) is 79.6 Å². The number of benzene rings is 2. The second-order valence-corrected chi connectivity index (χ2v) is 8.22. The van der Waals surface area contributed by atoms with Gasteiger partial charge in [-0.25, -0.2) is 9.78 Å². The maximum atomic E-state index is 10.6. The lowest BCUT2D eigenvalue weighted by atomic mass is 10.0. The number of halogens is 3. The van der Waals surface area contributed by atoms with Crippen molar-refractivity contribution in [2.45, 2.75) is 38.1 Å². The van der Waals surface area contributed by atoms with Gasteiger partial charge in [0.1, 0.15) is 5.75 Å². The van der Waals surface area contributed by atoms with Crippen LogP contribution in [0.25, 0.3) is 5.69 Å². The van der Waals surface area contributed by atoms with Crippen molar-refractivity contribution < 1.29 is 27.8 Å². The summed E-state index contributed by atoms with van der Waals surface area (Å²) in [7, 11) is 1.71. The summed E-state index contributed by atoms with van der Waals surface area (Å²) >= 11 is 0. The summed E-state index contributed by atoms with van der Waals surface area (Å²) in [6.07, 6.45) is 2.93. The van der Waals surface area contributed by atoms with E-state index >= 15 is 0 Å². The first-order valence-electron chi connectivity index (χ1n) is 11.2. The van der Waals surface area contributed by atoms with Crippen molar-refractivity contribution in [3.63, 3.8) is 0 Å². The molecule has 10 heteroatoms. The molecular weight excluding hydrogens is 461 g/mol. The highest BCUT2D eigenvalue weighted by molar-refractivity contribution is 5.73. The number of aromatic nitrogens is 2. The molecule has 3 aromatic rings. The summed E-state index contributed by atoms with van der Waals surface area (Å²) in [6.45, 7) is 4.20. The molecule has 1 aliphatic heterocycles. The van der Waals surface area contributed by atoms with E-state index < -0.39 is 12.1 Å². The van der Waals surface area contributed by atoms with Gasteiger partial charge in [-0.1, -0.05) is 24.3 Å². The lowest BCUT2D eigenvalue weighted by Crippen LogP contribution is -2.41. The normalized spacial score (nSPS) is 14.7. The van der Waals surface area contributed by atoms with Crippen molar-refractivity contribution >= 4 is 5.97 Å². The van der Waals surface area contributed by atoms with Crippen LogP contribution in [0.3, 0.4) is 0 Å². The van der Waals surface area contributed by atoms with Crippen LogP contribution in [0.1, 0.15) is 24.0 Å². The molecule has 4 rings (SSSR count). The van der Waals surface area contributed by atoms with E-state index in [-0.39, 0.29) is 0 Å². The highest BCUT2D eigenvalue weighted by Gasteiger charge is 2.38. The Morgan fingerprint density at radius 1 is 1.14 bits per heavy atom. The Kier molecular flexibility index (Phi) is 9.27. The number of likely N-dealkylation sites (tertiary alicyclic amines) is 1. The van der Waals surface area contributed by atoms with Crippen LogP contribution in [0.2, 0.25) is 0 Å². The fraction of sp³-hybridized carbons (Fsp3) is 0.360. The van der Waals surface area contributed by atoms with Gasteiger partial charge in [0.25, 0.3) is 0 Å². The Labute approximate surface area is 202 Å². The molecule has 7 nitrogen and oxygen atoms in total. The van der Waals surface area contributed by atoms with E-state index in [1.165, 1.54) is 24.0 Å². The van der Waals surface area contributed by atoms with Crippen molar-refractivity contribution in [1.29, 1.82) is 0 Å². The number of aliphatic carboxylic acids is 1. The van der Waals surface area contributed by atoms with Crippen molar-refractivity contribution in [3.8, 4) is 11.4 Å². The molecule has 2 heterocycles. The van der Waals surface area contributed by atoms with Crippen LogP contribution in [0, 0.1) is 0 Å². The maximum Gasteiger partial charge on any atom is 0.490 e. The maximum absolute atomic E-state index is 10.6. The molecule has 2 aromatic carbocycles. The molecule has 0 bridgehead atoms. The average Bonchev–Trinajstić information content (AvgIpc) is 3.39. The van der Waals surface area contributed by atoms with Gasteiger partial charge in [-0.05, 0) is 61.3 Å². The second-order valence-electron chi connectivity index (χ2n) is 8.22. The minimum atomic E-state index is -5.08. The van der Waals surface area contributed by atoms with Gasteiger partial charge in [-0.15, -0.1) is 0 Å². The summed E-state index contributed by atoms with van der Waals surface area (Å²) in [5, 5.41) is 10.9. The Bertz CT molecular complexity index is 1050. The number of carbonyl (C=O) groups is 1. The van der Waals surface area contributed by atoms with Crippen LogP contribution in [-0.2, 0) is 17.9 Å². The monoisotopic (exact) mass is 490 g/mol. The van der Waals surface area contributed by atoms with Crippen molar-refractivity contribution in [2.75, 3.05) is 20.2 Å². The van der Waals surface area contributed by atoms with E-state index in [4.69, 9.17) is 14.6 Å². The van der Waals surface area contributed by atoms with Gasteiger partial charge < -0.3 is 19.7 Å². The van der Waals surface area contributed by atoms with Gasteiger partial charge in [0.05, 0.1) is 13.4 Å². The first-order chi connectivity index (χ1) is 16.7. The fourth-order valence-electron chi connectivity index (χ4n) is 3.79. The third-order valence-corrected chi connectivity index (χ3v) is 5.70. The van der Waals surface area contributed by atoms with E-state index in [9.17, 15) is 13.2 Å². The molecule has 0 spiro atoms. The molecular formula is C25H29F3N4O3. The number of methoxy groups -OCH3 is 1. The number of nitrogens with zero attached hydrogens (tertiary/aromatic N) is 3. The number of alkyl halides is 3. The van der Waals surface area contributed by atoms with Crippen molar-refractivity contribution in [2.24, 2.45) is 0 Å². The molecule has 188 valence electrons. The molecule has 2 N–H and O–H groups in total. The standard InChI is InChI=1S/C23H28N4O.C2HF3O2/c1-28-23-7-5-19(6-8-23)17-26-12-9-21(10-13-26)25-16-20-3-2-4-22(15-20)27-14-11-24-18-27;3-2(4,5)1(6)7/h2-8,11,14-15,18,21,25H,9-10,12-13,16-17H2,1H3;(H,6,7). The third-order valence-electron chi connectivity index (χ3n) is 5.70. The highest BCUT2D eigenvalue weighted by atomic mass is 19.4. The fourth-order valence-corrected chi connectivity index (χ4v) is 3.79. The first-order valence-corrected chi connectivity index (χ1v) is 11.2. The zero-order valence-corrected chi connectivity index (χ0v) is 19.4. The Morgan fingerprint density at radius 2 is 1.83 bits per heavy atom. The van der Waals surface area contributed by atoms with Gasteiger partial charge in [0.15, 0.2) is 0 Å². The van der Waals surface area contributed by atoms with E-state index in [0.29, 0.717) is 6.04 Å². The molecule has 0 radical (unpaired) electrons. The van der Waals surface area contributed by atoms with Gasteiger partial charge >= 0.3 is 12.1 Å². The van der Waals surface area contributed by atoms with Gasteiger partial charge in [-0.2, -0.15) is 13.2 Å². The Morgan fingerprint density at radius 3 is 2.40 bits per heavy atom. The van der Waals surface area contributed by atoms with Gasteiger partial charge in [-0.3, -0.25) is 4.90 Å². The molecule has 0 amide bonds. The number of rotatable bonds is 7. The molecule has 1 aromatic heterocycles. The van der Waals surface area contributed by atoms with E-state index in [0.717, 1.165) is 37.6 Å². The average molecular weight is 491 g/mol. The predicted molar refractivity (Wildman–Crippen MR) is 125 cm³/mol. The molecule has 1 saturated heterocycles. The SMILES string of the molecule is COc1ccc(CN2CCC(NCc3cccc(-n4ccnc4)c3)CC2)cc1.O=C(O)C(F)(F)F. The largest absolute Gasteiger partial charge is 0.497 e. The van der Waals surface area contributed by atoms with Gasteiger partial charge in [0, 0.05) is 37.2 Å². The zero-order valence-electron chi connectivity index (χ0n) is 19.4. The quantitative estimate of drug-likeness (QED) is 0.515. The lowest BCUT2D eigenvalue weighted by molar-refractivity contribution is -0.192. The van der Waals surface area contributed by atoms with Crippen LogP contribution in [0.4, 0.5) is 13.2 Å². The Balaban J connectivity index is 0.000000429. The number of carboxylic acids is 1. The van der Waals surface area contributed by atoms with E-state index in [2.05, 4.69) is 51.6 Å². The number of hydrogen-bond donors (Lipinski definition) is 2. The number of carboxylic acid groups (broad SMARTS) is 1. The van der Waals surface area contributed by atoms with Crippen molar-refractivity contribution in [3.05, 3.63) is 78.4 Å². The number of piperidine rings is 1. The Hall–Kier alpha value is -3.37. The summed E-state index contributed by atoms with van der Waals surface area (Å²) in [6, 6.07) is 17.6. The second kappa shape index (κ2) is 12.4. The van der Waals surface area contributed by atoms with Crippen LogP contribution in [0.5, 0.6) is 5.75 Å². The van der Waals surface area contributed by atoms with E-state index in [1.807, 2.05) is 35.4 Å². The summed E-state index contributed by atoms with van der Waals surface area (Å²) in [5.74, 6) is -1.84. The summed E-state index contributed by atoms with van der Waals surface area (Å²) < 4.78 is 39.0. The first kappa shape index (κ1) is 26.2. The molecule has 1 fully saturated rings. The molecule has 1 aliphatic rings. The van der Waals surface area contributed by atoms with Crippen LogP contribution < -0.4 is 10.1 Å². The molecule has 0 saturated carbocycles. The smallest absolute Gasteiger partial charge is 0.490 e. The third kappa shape index (κ3) is 8.41. The zero-order chi connectivity index (χ0) is 25.3. The van der Waals surface area contributed by atoms with Crippen molar-refractivity contribution in [1.82, 2.24) is 19.8 Å². The summed E-state index contributed by atoms with van der Waals surface area (Å²) in [4.78, 5) is 15.6. The lowest BCUT2D eigenvalue weighted by Gasteiger charge is -2.32. The molecule has 0 aliphatic carbocycles. The van der Waals surface area contributed by atoms with Gasteiger partial charge in [0.2, 0.25) is 0 Å². The van der Waals surface area contributed by atoms with Crippen LogP contribution in [0.15, 0.2) is 67.3 Å².